The molecule has 2 saturated heterocycles. The van der Waals surface area contributed by atoms with Gasteiger partial charge in [0.15, 0.2) is 0 Å². The summed E-state index contributed by atoms with van der Waals surface area (Å²) in [6.07, 6.45) is 4.42. The number of benzene rings is 2. The highest BCUT2D eigenvalue weighted by Crippen LogP contribution is 2.37. The fourth-order valence-electron chi connectivity index (χ4n) is 6.42. The van der Waals surface area contributed by atoms with Crippen molar-refractivity contribution in [1.29, 1.82) is 0 Å². The molecule has 1 N–H and O–H groups in total. The van der Waals surface area contributed by atoms with E-state index < -0.39 is 15.9 Å². The molecule has 3 aliphatic rings. The molecule has 0 atom stereocenters. The average Bonchev–Trinajstić information content (AvgIpc) is 3.32. The molecular weight excluding hydrogens is 532 g/mol. The van der Waals surface area contributed by atoms with E-state index in [1.807, 2.05) is 37.3 Å². The molecule has 214 valence electrons. The third kappa shape index (κ3) is 5.29. The van der Waals surface area contributed by atoms with Gasteiger partial charge < -0.3 is 15.1 Å². The van der Waals surface area contributed by atoms with Crippen LogP contribution in [0.3, 0.4) is 0 Å². The molecule has 2 aromatic carbocycles. The van der Waals surface area contributed by atoms with Crippen molar-refractivity contribution in [2.45, 2.75) is 50.0 Å². The Labute approximate surface area is 235 Å². The van der Waals surface area contributed by atoms with Gasteiger partial charge in [0.05, 0.1) is 17.0 Å². The van der Waals surface area contributed by atoms with Gasteiger partial charge in [-0.2, -0.15) is 0 Å². The van der Waals surface area contributed by atoms with Crippen LogP contribution in [0.1, 0.15) is 36.0 Å². The molecule has 3 aromatic rings. The number of rotatable bonds is 6. The number of piperidine rings is 1. The maximum atomic E-state index is 14.0. The van der Waals surface area contributed by atoms with Gasteiger partial charge in [0.1, 0.15) is 0 Å². The minimum Gasteiger partial charge on any atom is -0.366 e. The molecule has 7 nitrogen and oxygen atoms in total. The first-order valence-corrected chi connectivity index (χ1v) is 15.6. The quantitative estimate of drug-likeness (QED) is 0.469. The van der Waals surface area contributed by atoms with E-state index in [4.69, 9.17) is 0 Å². The number of aromatic nitrogens is 1. The molecular formula is C30H37F2N5O2S. The molecule has 0 spiro atoms. The zero-order valence-corrected chi connectivity index (χ0v) is 24.0. The number of sulfonamides is 1. The monoisotopic (exact) mass is 569 g/mol. The number of halogens is 2. The van der Waals surface area contributed by atoms with Crippen LogP contribution in [0.15, 0.2) is 47.5 Å². The number of hydrogen-bond donors (Lipinski definition) is 1. The van der Waals surface area contributed by atoms with E-state index in [2.05, 4.69) is 15.2 Å². The zero-order chi connectivity index (χ0) is 28.1. The smallest absolute Gasteiger partial charge is 0.266 e. The molecule has 0 bridgehead atoms. The summed E-state index contributed by atoms with van der Waals surface area (Å²) in [4.78, 5) is 8.95. The van der Waals surface area contributed by atoms with Crippen molar-refractivity contribution >= 4 is 32.3 Å². The Kier molecular flexibility index (Phi) is 7.21. The minimum absolute atomic E-state index is 0.134. The Balaban J connectivity index is 1.28. The first-order valence-electron chi connectivity index (χ1n) is 14.2. The van der Waals surface area contributed by atoms with Crippen LogP contribution < -0.4 is 15.1 Å². The lowest BCUT2D eigenvalue weighted by molar-refractivity contribution is 0.0257. The van der Waals surface area contributed by atoms with Crippen LogP contribution in [0.25, 0.3) is 10.9 Å². The molecule has 0 unspecified atom stereocenters. The summed E-state index contributed by atoms with van der Waals surface area (Å²) >= 11 is 0. The first-order chi connectivity index (χ1) is 19.1. The second-order valence-electron chi connectivity index (χ2n) is 11.6. The third-order valence-electron chi connectivity index (χ3n) is 8.74. The van der Waals surface area contributed by atoms with Crippen LogP contribution in [0.2, 0.25) is 0 Å². The van der Waals surface area contributed by atoms with Crippen molar-refractivity contribution in [3.8, 4) is 0 Å². The minimum atomic E-state index is -3.60. The summed E-state index contributed by atoms with van der Waals surface area (Å²) in [6.45, 7) is 5.77. The summed E-state index contributed by atoms with van der Waals surface area (Å²) in [6, 6.07) is 11.4. The standard InChI is InChI=1S/C30H37F2N5O2S/c1-21-15-25(37-14-9-30(31,32)20-37)17-27-28(7-12-34-29(21)27)36-13-8-23-3-4-26(16-24(23)19-36)40(38,39)35(2)18-22-5-10-33-11-6-22/h3-4,7,12,15-17,22,33H,5-6,8-11,13-14,18-20H2,1-2H3. The Morgan fingerprint density at radius 3 is 2.62 bits per heavy atom. The predicted molar refractivity (Wildman–Crippen MR) is 155 cm³/mol. The van der Waals surface area contributed by atoms with Crippen LogP contribution in [-0.2, 0) is 23.0 Å². The molecule has 0 aliphatic carbocycles. The fraction of sp³-hybridized carbons (Fsp3) is 0.500. The van der Waals surface area contributed by atoms with Crippen LogP contribution in [0.5, 0.6) is 0 Å². The largest absolute Gasteiger partial charge is 0.366 e. The van der Waals surface area contributed by atoms with Gasteiger partial charge in [-0.1, -0.05) is 6.07 Å². The van der Waals surface area contributed by atoms with Crippen molar-refractivity contribution in [1.82, 2.24) is 14.6 Å². The number of pyridine rings is 1. The molecule has 1 aromatic heterocycles. The number of nitrogens with zero attached hydrogens (tertiary/aromatic N) is 4. The van der Waals surface area contributed by atoms with E-state index >= 15 is 0 Å². The Morgan fingerprint density at radius 1 is 1.07 bits per heavy atom. The molecule has 0 amide bonds. The SMILES string of the molecule is Cc1cc(N2CCC(F)(F)C2)cc2c(N3CCc4ccc(S(=O)(=O)N(C)CC5CCNCC5)cc4C3)ccnc12. The lowest BCUT2D eigenvalue weighted by Gasteiger charge is -2.32. The van der Waals surface area contributed by atoms with Crippen molar-refractivity contribution < 1.29 is 17.2 Å². The summed E-state index contributed by atoms with van der Waals surface area (Å²) in [5.41, 5.74) is 5.74. The molecule has 3 aliphatic heterocycles. The second-order valence-corrected chi connectivity index (χ2v) is 13.6. The Morgan fingerprint density at radius 2 is 1.88 bits per heavy atom. The number of fused-ring (bicyclic) bond motifs is 2. The van der Waals surface area contributed by atoms with E-state index in [0.717, 1.165) is 77.9 Å². The number of nitrogens with one attached hydrogen (secondary N) is 1. The highest BCUT2D eigenvalue weighted by Gasteiger charge is 2.38. The van der Waals surface area contributed by atoms with Crippen LogP contribution in [0, 0.1) is 12.8 Å². The van der Waals surface area contributed by atoms with Gasteiger partial charge in [-0.05, 0) is 92.2 Å². The lowest BCUT2D eigenvalue weighted by Crippen LogP contribution is -2.37. The van der Waals surface area contributed by atoms with Crippen molar-refractivity contribution in [2.24, 2.45) is 5.92 Å². The van der Waals surface area contributed by atoms with Crippen molar-refractivity contribution in [3.05, 3.63) is 59.3 Å². The number of aryl methyl sites for hydroxylation is 1. The normalized spacial score (nSPS) is 19.9. The van der Waals surface area contributed by atoms with Gasteiger partial charge >= 0.3 is 0 Å². The van der Waals surface area contributed by atoms with Gasteiger partial charge in [0, 0.05) is 62.6 Å². The van der Waals surface area contributed by atoms with Gasteiger partial charge in [-0.15, -0.1) is 0 Å². The van der Waals surface area contributed by atoms with Gasteiger partial charge in [0.2, 0.25) is 10.0 Å². The number of alkyl halides is 2. The molecule has 4 heterocycles. The van der Waals surface area contributed by atoms with Gasteiger partial charge in [0.25, 0.3) is 5.92 Å². The summed E-state index contributed by atoms with van der Waals surface area (Å²) in [7, 11) is -1.92. The van der Waals surface area contributed by atoms with E-state index in [1.54, 1.807) is 24.2 Å². The summed E-state index contributed by atoms with van der Waals surface area (Å²) in [5.74, 6) is -2.30. The maximum absolute atomic E-state index is 14.0. The fourth-order valence-corrected chi connectivity index (χ4v) is 7.72. The summed E-state index contributed by atoms with van der Waals surface area (Å²) < 4.78 is 56.5. The van der Waals surface area contributed by atoms with E-state index in [1.165, 1.54) is 4.31 Å². The second kappa shape index (κ2) is 10.5. The highest BCUT2D eigenvalue weighted by atomic mass is 32.2. The van der Waals surface area contributed by atoms with Crippen molar-refractivity contribution in [3.63, 3.8) is 0 Å². The van der Waals surface area contributed by atoms with Gasteiger partial charge in [-0.25, -0.2) is 21.5 Å². The molecule has 0 radical (unpaired) electrons. The topological polar surface area (TPSA) is 68.8 Å². The number of hydrogen-bond acceptors (Lipinski definition) is 6. The molecule has 0 saturated carbocycles. The Hall–Kier alpha value is -2.82. The van der Waals surface area contributed by atoms with Crippen LogP contribution in [0.4, 0.5) is 20.2 Å². The summed E-state index contributed by atoms with van der Waals surface area (Å²) in [5, 5.41) is 4.27. The lowest BCUT2D eigenvalue weighted by atomic mass is 9.98. The average molecular weight is 570 g/mol. The zero-order valence-electron chi connectivity index (χ0n) is 23.2. The van der Waals surface area contributed by atoms with E-state index in [9.17, 15) is 17.2 Å². The highest BCUT2D eigenvalue weighted by molar-refractivity contribution is 7.89. The molecule has 2 fully saturated rings. The molecule has 6 rings (SSSR count). The predicted octanol–water partition coefficient (Wildman–Crippen LogP) is 4.57. The van der Waals surface area contributed by atoms with Gasteiger partial charge in [-0.3, -0.25) is 4.98 Å². The first kappa shape index (κ1) is 27.4. The molecule has 10 heteroatoms. The molecule has 40 heavy (non-hydrogen) atoms. The van der Waals surface area contributed by atoms with E-state index in [0.29, 0.717) is 30.4 Å². The van der Waals surface area contributed by atoms with Crippen molar-refractivity contribution in [2.75, 3.05) is 56.1 Å². The maximum Gasteiger partial charge on any atom is 0.266 e. The number of anilines is 2. The van der Waals surface area contributed by atoms with Crippen LogP contribution in [-0.4, -0.2) is 69.9 Å². The van der Waals surface area contributed by atoms with E-state index in [-0.39, 0.29) is 13.0 Å². The van der Waals surface area contributed by atoms with Crippen LogP contribution >= 0.6 is 0 Å². The Bertz CT molecular complexity index is 1520. The third-order valence-corrected chi connectivity index (χ3v) is 10.6.